The van der Waals surface area contributed by atoms with E-state index in [4.69, 9.17) is 47.5 Å². The molecule has 9 rings (SSSR count). The van der Waals surface area contributed by atoms with Crippen LogP contribution in [0.3, 0.4) is 0 Å². The normalized spacial score (nSPS) is 17.1. The van der Waals surface area contributed by atoms with Crippen LogP contribution in [0.2, 0.25) is 10.0 Å². The van der Waals surface area contributed by atoms with Crippen LogP contribution >= 0.6 is 23.2 Å². The third kappa shape index (κ3) is 13.4. The average molecular weight is 1150 g/mol. The number of halogens is 3. The van der Waals surface area contributed by atoms with E-state index in [1.54, 1.807) is 72.9 Å². The summed E-state index contributed by atoms with van der Waals surface area (Å²) in [5.74, 6) is 1.12. The Morgan fingerprint density at radius 1 is 0.841 bits per heavy atom. The third-order valence-corrected chi connectivity index (χ3v) is 15.7. The Morgan fingerprint density at radius 3 is 2.22 bits per heavy atom. The van der Waals surface area contributed by atoms with Gasteiger partial charge in [-0.2, -0.15) is 10.4 Å². The number of pyridine rings is 1. The van der Waals surface area contributed by atoms with E-state index >= 15 is 4.79 Å². The maximum absolute atomic E-state index is 15.1. The molecule has 5 heterocycles. The Bertz CT molecular complexity index is 3400. The van der Waals surface area contributed by atoms with Gasteiger partial charge in [0.25, 0.3) is 5.91 Å². The van der Waals surface area contributed by atoms with Crippen molar-refractivity contribution in [1.82, 2.24) is 34.4 Å². The van der Waals surface area contributed by atoms with Crippen molar-refractivity contribution in [2.24, 2.45) is 4.99 Å². The fraction of sp³-hybridized carbons (Fsp3) is 0.397. The van der Waals surface area contributed by atoms with E-state index in [1.807, 2.05) is 67.3 Å². The Labute approximate surface area is 488 Å². The number of hydrogen-bond donors (Lipinski definition) is 0. The van der Waals surface area contributed by atoms with Crippen molar-refractivity contribution in [3.05, 3.63) is 158 Å². The zero-order valence-electron chi connectivity index (χ0n) is 47.2. The number of aliphatic imine (C=N–C) groups is 1. The van der Waals surface area contributed by atoms with Crippen LogP contribution in [0.25, 0.3) is 11.1 Å². The minimum absolute atomic E-state index is 0.0716. The lowest BCUT2D eigenvalue weighted by atomic mass is 9.93. The van der Waals surface area contributed by atoms with E-state index in [0.717, 1.165) is 49.7 Å². The van der Waals surface area contributed by atoms with Crippen LogP contribution in [0.4, 0.5) is 9.18 Å². The number of methoxy groups -OCH3 is 1. The molecule has 3 aliphatic heterocycles. The van der Waals surface area contributed by atoms with Gasteiger partial charge in [-0.15, -0.1) is 0 Å². The molecule has 2 bridgehead atoms. The topological polar surface area (TPSA) is 176 Å². The largest absolute Gasteiger partial charge is 0.497 e. The predicted molar refractivity (Wildman–Crippen MR) is 312 cm³/mol. The fourth-order valence-corrected chi connectivity index (χ4v) is 11.2. The molecule has 3 atom stereocenters. The van der Waals surface area contributed by atoms with Gasteiger partial charge in [-0.25, -0.2) is 9.18 Å². The van der Waals surface area contributed by atoms with Crippen LogP contribution in [0.15, 0.2) is 102 Å². The second-order valence-corrected chi connectivity index (χ2v) is 22.3. The molecule has 6 aromatic rings. The molecule has 0 aliphatic carbocycles. The zero-order chi connectivity index (χ0) is 58.2. The molecule has 4 aromatic carbocycles. The highest BCUT2D eigenvalue weighted by molar-refractivity contribution is 6.30. The number of nitriles is 1. The van der Waals surface area contributed by atoms with E-state index in [2.05, 4.69) is 11.1 Å². The molecule has 3 aliphatic rings. The molecule has 0 spiro atoms. The second-order valence-electron chi connectivity index (χ2n) is 21.4. The van der Waals surface area contributed by atoms with Crippen LogP contribution in [0.5, 0.6) is 17.2 Å². The van der Waals surface area contributed by atoms with Crippen molar-refractivity contribution >= 4 is 52.7 Å². The SMILES string of the molecule is COc1ccc(C2=N[C@H](c3ccc(Cl)cc3)[C@H](c3ccc(Cl)cc3)N2C(=O)N2CCN(CCCCCCCCC(=O)CCCn3nc4c(c3C#N)-c3cnc(C)c(c3)O[C@H](C)c3cc(F)ccc3C(=O)N(C)C4)C(=O)C2)c(OC(C)C)c1. The number of carbonyl (C=O) groups is 4. The maximum Gasteiger partial charge on any atom is 0.326 e. The number of ether oxygens (including phenoxy) is 3. The van der Waals surface area contributed by atoms with Gasteiger partial charge >= 0.3 is 6.03 Å². The van der Waals surface area contributed by atoms with E-state index in [-0.39, 0.29) is 42.8 Å². The molecule has 1 fully saturated rings. The van der Waals surface area contributed by atoms with Gasteiger partial charge in [0.05, 0.1) is 42.8 Å². The Balaban J connectivity index is 0.761. The average Bonchev–Trinajstić information content (AvgIpc) is 4.10. The quantitative estimate of drug-likeness (QED) is 0.0710. The molecule has 19 heteroatoms. The maximum atomic E-state index is 15.1. The monoisotopic (exact) mass is 1150 g/mol. The van der Waals surface area contributed by atoms with E-state index < -0.39 is 24.0 Å². The van der Waals surface area contributed by atoms with Crippen LogP contribution in [0, 0.1) is 24.1 Å². The van der Waals surface area contributed by atoms with E-state index in [0.29, 0.717) is 123 Å². The molecule has 0 radical (unpaired) electrons. The highest BCUT2D eigenvalue weighted by Crippen LogP contribution is 2.46. The summed E-state index contributed by atoms with van der Waals surface area (Å²) < 4.78 is 34.3. The summed E-state index contributed by atoms with van der Waals surface area (Å²) in [7, 11) is 3.22. The summed E-state index contributed by atoms with van der Waals surface area (Å²) in [6.07, 6.45) is 7.35. The molecule has 0 unspecified atom stereocenters. The molecule has 0 N–H and O–H groups in total. The van der Waals surface area contributed by atoms with Gasteiger partial charge in [-0.3, -0.25) is 33.9 Å². The van der Waals surface area contributed by atoms with Crippen molar-refractivity contribution in [3.63, 3.8) is 0 Å². The van der Waals surface area contributed by atoms with Gasteiger partial charge in [-0.05, 0) is 119 Å². The lowest BCUT2D eigenvalue weighted by molar-refractivity contribution is -0.135. The van der Waals surface area contributed by atoms with Crippen LogP contribution in [-0.2, 0) is 22.7 Å². The van der Waals surface area contributed by atoms with Gasteiger partial charge in [-0.1, -0.05) is 73.2 Å². The highest BCUT2D eigenvalue weighted by atomic mass is 35.5. The first-order valence-corrected chi connectivity index (χ1v) is 28.8. The van der Waals surface area contributed by atoms with Crippen molar-refractivity contribution in [1.29, 1.82) is 5.26 Å². The number of Topliss-reactive ketones (excluding diaryl/α,β-unsaturated/α-hetero) is 1. The van der Waals surface area contributed by atoms with Crippen molar-refractivity contribution < 1.29 is 37.8 Å². The number of unbranched alkanes of at least 4 members (excludes halogenated alkanes) is 5. The smallest absolute Gasteiger partial charge is 0.326 e. The number of fused-ring (bicyclic) bond motifs is 5. The summed E-state index contributed by atoms with van der Waals surface area (Å²) in [6.45, 7) is 9.02. The number of rotatable bonds is 19. The number of piperazine rings is 1. The molecule has 4 amide bonds. The van der Waals surface area contributed by atoms with Crippen LogP contribution in [-0.4, -0.2) is 110 Å². The number of hydrogen-bond acceptors (Lipinski definition) is 11. The number of amidine groups is 1. The molecular formula is C63H68Cl2FN9O7. The van der Waals surface area contributed by atoms with Gasteiger partial charge in [0.1, 0.15) is 65.1 Å². The summed E-state index contributed by atoms with van der Waals surface area (Å²) in [5, 5.41) is 16.4. The molecule has 1 saturated heterocycles. The van der Waals surface area contributed by atoms with Gasteiger partial charge < -0.3 is 28.9 Å². The number of nitrogens with zero attached hydrogens (tertiary/aromatic N) is 9. The lowest BCUT2D eigenvalue weighted by Crippen LogP contribution is -2.56. The first kappa shape index (κ1) is 58.8. The minimum atomic E-state index is -0.679. The number of urea groups is 1. The number of amides is 4. The first-order chi connectivity index (χ1) is 39.5. The fourth-order valence-electron chi connectivity index (χ4n) is 11.0. The summed E-state index contributed by atoms with van der Waals surface area (Å²) >= 11 is 12.8. The highest BCUT2D eigenvalue weighted by Gasteiger charge is 2.46. The molecule has 428 valence electrons. The minimum Gasteiger partial charge on any atom is -0.497 e. The Hall–Kier alpha value is -7.81. The van der Waals surface area contributed by atoms with Gasteiger partial charge in [0, 0.05) is 90.6 Å². The third-order valence-electron chi connectivity index (χ3n) is 15.2. The van der Waals surface area contributed by atoms with Crippen LogP contribution in [0.1, 0.15) is 146 Å². The van der Waals surface area contributed by atoms with E-state index in [1.165, 1.54) is 23.1 Å². The second kappa shape index (κ2) is 26.4. The zero-order valence-corrected chi connectivity index (χ0v) is 48.7. The van der Waals surface area contributed by atoms with Crippen molar-refractivity contribution in [2.75, 3.05) is 40.3 Å². The number of benzene rings is 4. The van der Waals surface area contributed by atoms with Crippen LogP contribution < -0.4 is 14.2 Å². The molecule has 82 heavy (non-hydrogen) atoms. The summed E-state index contributed by atoms with van der Waals surface area (Å²) in [6, 6.07) is 26.9. The lowest BCUT2D eigenvalue weighted by Gasteiger charge is -2.38. The first-order valence-electron chi connectivity index (χ1n) is 28.0. The number of aryl methyl sites for hydroxylation is 2. The molecule has 0 saturated carbocycles. The van der Waals surface area contributed by atoms with Gasteiger partial charge in [0.15, 0.2) is 0 Å². The molecule has 16 nitrogen and oxygen atoms in total. The predicted octanol–water partition coefficient (Wildman–Crippen LogP) is 12.7. The number of carbonyl (C=O) groups excluding carboxylic acids is 4. The summed E-state index contributed by atoms with van der Waals surface area (Å²) in [4.78, 5) is 72.4. The molecular weight excluding hydrogens is 1080 g/mol. The van der Waals surface area contributed by atoms with Crippen molar-refractivity contribution in [2.45, 2.75) is 123 Å². The number of ketones is 1. The van der Waals surface area contributed by atoms with Crippen molar-refractivity contribution in [3.8, 4) is 34.4 Å². The van der Waals surface area contributed by atoms with E-state index in [9.17, 15) is 24.0 Å². The summed E-state index contributed by atoms with van der Waals surface area (Å²) in [5.41, 5.74) is 5.48. The number of aromatic nitrogens is 3. The molecule has 2 aromatic heterocycles. The Kier molecular flexibility index (Phi) is 18.9. The standard InChI is InChI=1S/C63H68Cl2FN9O7/c1-39(2)81-56-34-49(80-6)25-27-51(56)61-69-59(42-16-20-45(64)21-17-42)60(43-18-22-46(65)23-19-43)75(61)63(79)73-31-30-72(57(77)38-73)28-12-10-8-7-9-11-14-48(76)15-13-29-74-54(35-67)58-44-32-55(40(3)68-36-44)82-41(4)52-33-47(66)24-26-50(52)62(78)71(5)37-53(58)70-74/h16-27,32-34,36,39,41,59-60H,7-15,28-31,37-38H2,1-6H3/t41-,59-,60+/m1/s1. The Morgan fingerprint density at radius 2 is 1.52 bits per heavy atom. The van der Waals surface area contributed by atoms with Gasteiger partial charge in [0.2, 0.25) is 5.91 Å².